The minimum absolute atomic E-state index is 0.0187. The fourth-order valence-corrected chi connectivity index (χ4v) is 4.73. The fourth-order valence-electron chi connectivity index (χ4n) is 4.73. The Morgan fingerprint density at radius 2 is 1.78 bits per heavy atom. The van der Waals surface area contributed by atoms with Gasteiger partial charge in [-0.2, -0.15) is 0 Å². The standard InChI is InChI=1S/C20H33N3O4/c1-27-20(26)16-7-10-22(11-8-16)18(24)13-17-19(25)21-9-12-23(17)14-15-5-3-2-4-6-15/h15-17H,2-14H2,1H3,(H,21,25)/t17-/m0/s1. The number of piperazine rings is 1. The topological polar surface area (TPSA) is 78.9 Å². The molecule has 0 aromatic heterocycles. The van der Waals surface area contributed by atoms with E-state index in [0.717, 1.165) is 13.1 Å². The van der Waals surface area contributed by atoms with Crippen molar-refractivity contribution in [2.24, 2.45) is 11.8 Å². The van der Waals surface area contributed by atoms with Gasteiger partial charge in [-0.15, -0.1) is 0 Å². The van der Waals surface area contributed by atoms with Crippen LogP contribution in [-0.2, 0) is 19.1 Å². The summed E-state index contributed by atoms with van der Waals surface area (Å²) in [5.41, 5.74) is 0. The van der Waals surface area contributed by atoms with Crippen LogP contribution in [0.2, 0.25) is 0 Å². The number of esters is 1. The van der Waals surface area contributed by atoms with E-state index in [9.17, 15) is 14.4 Å². The summed E-state index contributed by atoms with van der Waals surface area (Å²) in [5.74, 6) is 0.356. The van der Waals surface area contributed by atoms with E-state index in [1.54, 1.807) is 4.90 Å². The number of ether oxygens (including phenoxy) is 1. The summed E-state index contributed by atoms with van der Waals surface area (Å²) < 4.78 is 4.81. The van der Waals surface area contributed by atoms with Crippen LogP contribution in [-0.4, -0.2) is 73.5 Å². The lowest BCUT2D eigenvalue weighted by molar-refractivity contribution is -0.149. The summed E-state index contributed by atoms with van der Waals surface area (Å²) in [4.78, 5) is 40.9. The van der Waals surface area contributed by atoms with Crippen molar-refractivity contribution in [2.45, 2.75) is 57.4 Å². The van der Waals surface area contributed by atoms with Gasteiger partial charge < -0.3 is 15.0 Å². The number of hydrogen-bond acceptors (Lipinski definition) is 5. The molecule has 2 amide bonds. The highest BCUT2D eigenvalue weighted by Gasteiger charge is 2.35. The molecule has 1 aliphatic carbocycles. The molecular weight excluding hydrogens is 346 g/mol. The van der Waals surface area contributed by atoms with Gasteiger partial charge in [-0.25, -0.2) is 0 Å². The van der Waals surface area contributed by atoms with Crippen LogP contribution in [0.4, 0.5) is 0 Å². The van der Waals surface area contributed by atoms with E-state index in [1.165, 1.54) is 39.2 Å². The molecule has 1 N–H and O–H groups in total. The summed E-state index contributed by atoms with van der Waals surface area (Å²) >= 11 is 0. The fraction of sp³-hybridized carbons (Fsp3) is 0.850. The number of piperidine rings is 1. The molecule has 7 heteroatoms. The Balaban J connectivity index is 1.53. The van der Waals surface area contributed by atoms with Gasteiger partial charge in [0, 0.05) is 32.7 Å². The van der Waals surface area contributed by atoms with Crippen LogP contribution in [0.5, 0.6) is 0 Å². The van der Waals surface area contributed by atoms with Gasteiger partial charge in [0.2, 0.25) is 11.8 Å². The average Bonchev–Trinajstić information content (AvgIpc) is 2.70. The van der Waals surface area contributed by atoms with Crippen LogP contribution in [0, 0.1) is 11.8 Å². The van der Waals surface area contributed by atoms with Crippen molar-refractivity contribution in [1.82, 2.24) is 15.1 Å². The molecule has 3 fully saturated rings. The SMILES string of the molecule is COC(=O)C1CCN(C(=O)C[C@H]2C(=O)NCCN2CC2CCCCC2)CC1. The minimum atomic E-state index is -0.355. The van der Waals surface area contributed by atoms with Crippen molar-refractivity contribution in [3.63, 3.8) is 0 Å². The molecule has 0 aromatic carbocycles. The Kier molecular flexibility index (Phi) is 7.10. The Labute approximate surface area is 161 Å². The number of carbonyl (C=O) groups is 3. The summed E-state index contributed by atoms with van der Waals surface area (Å²) in [6.45, 7) is 3.55. The van der Waals surface area contributed by atoms with Crippen LogP contribution in [0.1, 0.15) is 51.4 Å². The Hall–Kier alpha value is -1.63. The van der Waals surface area contributed by atoms with E-state index in [0.29, 0.717) is 38.4 Å². The monoisotopic (exact) mass is 379 g/mol. The van der Waals surface area contributed by atoms with Crippen LogP contribution in [0.25, 0.3) is 0 Å². The number of likely N-dealkylation sites (tertiary alicyclic amines) is 1. The molecule has 152 valence electrons. The average molecular weight is 380 g/mol. The number of amides is 2. The lowest BCUT2D eigenvalue weighted by Crippen LogP contribution is -2.58. The molecule has 0 unspecified atom stereocenters. The van der Waals surface area contributed by atoms with Crippen LogP contribution in [0.15, 0.2) is 0 Å². The summed E-state index contributed by atoms with van der Waals surface area (Å²) in [5, 5.41) is 2.92. The van der Waals surface area contributed by atoms with Gasteiger partial charge in [-0.1, -0.05) is 19.3 Å². The molecular formula is C20H33N3O4. The van der Waals surface area contributed by atoms with E-state index in [1.807, 2.05) is 0 Å². The third-order valence-electron chi connectivity index (χ3n) is 6.41. The zero-order valence-corrected chi connectivity index (χ0v) is 16.5. The van der Waals surface area contributed by atoms with E-state index < -0.39 is 0 Å². The Morgan fingerprint density at radius 1 is 1.07 bits per heavy atom. The van der Waals surface area contributed by atoms with E-state index >= 15 is 0 Å². The predicted molar refractivity (Wildman–Crippen MR) is 101 cm³/mol. The number of methoxy groups -OCH3 is 1. The van der Waals surface area contributed by atoms with Gasteiger partial charge in [0.25, 0.3) is 0 Å². The Morgan fingerprint density at radius 3 is 2.44 bits per heavy atom. The first kappa shape index (κ1) is 20.1. The van der Waals surface area contributed by atoms with Gasteiger partial charge >= 0.3 is 5.97 Å². The van der Waals surface area contributed by atoms with Gasteiger partial charge in [0.15, 0.2) is 0 Å². The molecule has 1 atom stereocenters. The smallest absolute Gasteiger partial charge is 0.308 e. The van der Waals surface area contributed by atoms with E-state index in [-0.39, 0.29) is 36.2 Å². The van der Waals surface area contributed by atoms with Crippen LogP contribution < -0.4 is 5.32 Å². The number of hydrogen-bond donors (Lipinski definition) is 1. The van der Waals surface area contributed by atoms with Gasteiger partial charge in [-0.3, -0.25) is 19.3 Å². The largest absolute Gasteiger partial charge is 0.469 e. The van der Waals surface area contributed by atoms with E-state index in [4.69, 9.17) is 4.74 Å². The second-order valence-electron chi connectivity index (χ2n) is 8.19. The first-order chi connectivity index (χ1) is 13.1. The van der Waals surface area contributed by atoms with Crippen molar-refractivity contribution < 1.29 is 19.1 Å². The molecule has 27 heavy (non-hydrogen) atoms. The molecule has 0 bridgehead atoms. The highest BCUT2D eigenvalue weighted by Crippen LogP contribution is 2.26. The van der Waals surface area contributed by atoms with Gasteiger partial charge in [0.1, 0.15) is 0 Å². The zero-order chi connectivity index (χ0) is 19.2. The van der Waals surface area contributed by atoms with Gasteiger partial charge in [0.05, 0.1) is 25.5 Å². The predicted octanol–water partition coefficient (Wildman–Crippen LogP) is 1.17. The summed E-state index contributed by atoms with van der Waals surface area (Å²) in [7, 11) is 1.41. The third-order valence-corrected chi connectivity index (χ3v) is 6.41. The number of carbonyl (C=O) groups excluding carboxylic acids is 3. The minimum Gasteiger partial charge on any atom is -0.469 e. The molecule has 7 nitrogen and oxygen atoms in total. The second kappa shape index (κ2) is 9.53. The quantitative estimate of drug-likeness (QED) is 0.726. The van der Waals surface area contributed by atoms with Crippen LogP contribution >= 0.6 is 0 Å². The maximum atomic E-state index is 12.8. The molecule has 0 aromatic rings. The van der Waals surface area contributed by atoms with Crippen molar-refractivity contribution in [3.05, 3.63) is 0 Å². The highest BCUT2D eigenvalue weighted by molar-refractivity contribution is 5.89. The summed E-state index contributed by atoms with van der Waals surface area (Å²) in [6.07, 6.45) is 7.87. The maximum Gasteiger partial charge on any atom is 0.308 e. The Bertz CT molecular complexity index is 539. The summed E-state index contributed by atoms with van der Waals surface area (Å²) in [6, 6.07) is -0.355. The molecule has 3 rings (SSSR count). The van der Waals surface area contributed by atoms with Crippen molar-refractivity contribution in [2.75, 3.05) is 39.8 Å². The highest BCUT2D eigenvalue weighted by atomic mass is 16.5. The van der Waals surface area contributed by atoms with E-state index in [2.05, 4.69) is 10.2 Å². The molecule has 0 radical (unpaired) electrons. The first-order valence-corrected chi connectivity index (χ1v) is 10.5. The van der Waals surface area contributed by atoms with Crippen molar-refractivity contribution in [1.29, 1.82) is 0 Å². The number of rotatable bonds is 5. The first-order valence-electron chi connectivity index (χ1n) is 10.5. The number of nitrogens with zero attached hydrogens (tertiary/aromatic N) is 2. The second-order valence-corrected chi connectivity index (χ2v) is 8.19. The van der Waals surface area contributed by atoms with Crippen molar-refractivity contribution >= 4 is 17.8 Å². The van der Waals surface area contributed by atoms with Crippen LogP contribution in [0.3, 0.4) is 0 Å². The molecule has 0 spiro atoms. The normalized spacial score (nSPS) is 25.9. The molecule has 2 saturated heterocycles. The van der Waals surface area contributed by atoms with Gasteiger partial charge in [-0.05, 0) is 31.6 Å². The molecule has 3 aliphatic rings. The maximum absolute atomic E-state index is 12.8. The lowest BCUT2D eigenvalue weighted by Gasteiger charge is -2.39. The lowest BCUT2D eigenvalue weighted by atomic mass is 9.88. The zero-order valence-electron chi connectivity index (χ0n) is 16.5. The molecule has 1 saturated carbocycles. The molecule has 2 heterocycles. The molecule has 2 aliphatic heterocycles. The third kappa shape index (κ3) is 5.21. The number of nitrogens with one attached hydrogen (secondary N) is 1. The van der Waals surface area contributed by atoms with Crippen molar-refractivity contribution in [3.8, 4) is 0 Å².